The molecular weight excluding hydrogens is 496 g/mol. The van der Waals surface area contributed by atoms with Crippen LogP contribution < -0.4 is 11.3 Å². The number of anilines is 1. The molecule has 1 saturated heterocycles. The Morgan fingerprint density at radius 1 is 0.949 bits per heavy atom. The van der Waals surface area contributed by atoms with Crippen molar-refractivity contribution in [3.8, 4) is 28.3 Å². The highest BCUT2D eigenvalue weighted by molar-refractivity contribution is 5.84. The standard InChI is InChI=1S/C28H26N8O3/c29-24-21(4-2-11-30-24)25-33-23-10-9-22(20-3-1-12-31-27(20)37)32-26(23)36(25)19-7-5-18(6-8-19)17-34-13-15-35(16-14-34)28(38)39/h1-12H,13-17H2,(H2,29,30)(H,31,37)(H,38,39). The van der Waals surface area contributed by atoms with Crippen molar-refractivity contribution in [3.63, 3.8) is 0 Å². The van der Waals surface area contributed by atoms with E-state index in [0.29, 0.717) is 65.8 Å². The van der Waals surface area contributed by atoms with E-state index in [0.717, 1.165) is 17.8 Å². The number of H-pyrrole nitrogens is 1. The normalized spacial score (nSPS) is 14.1. The number of hydrogen-bond donors (Lipinski definition) is 3. The highest BCUT2D eigenvalue weighted by atomic mass is 16.4. The SMILES string of the molecule is Nc1ncccc1-c1nc2ccc(-c3ccc[nH]c3=O)nc2n1-c1ccc(CN2CCN(C(=O)O)CC2)cc1. The highest BCUT2D eigenvalue weighted by Crippen LogP contribution is 2.31. The smallest absolute Gasteiger partial charge is 0.407 e. The van der Waals surface area contributed by atoms with Gasteiger partial charge in [-0.3, -0.25) is 14.3 Å². The largest absolute Gasteiger partial charge is 0.465 e. The molecule has 0 spiro atoms. The number of aromatic amines is 1. The fraction of sp³-hybridized carbons (Fsp3) is 0.179. The van der Waals surface area contributed by atoms with Gasteiger partial charge in [-0.05, 0) is 54.1 Å². The minimum Gasteiger partial charge on any atom is -0.465 e. The maximum absolute atomic E-state index is 12.5. The van der Waals surface area contributed by atoms with Crippen molar-refractivity contribution in [3.05, 3.63) is 89.0 Å². The number of nitrogens with two attached hydrogens (primary N) is 1. The van der Waals surface area contributed by atoms with E-state index >= 15 is 0 Å². The van der Waals surface area contributed by atoms with E-state index in [-0.39, 0.29) is 5.56 Å². The number of imidazole rings is 1. The molecule has 6 rings (SSSR count). The summed E-state index contributed by atoms with van der Waals surface area (Å²) in [5.41, 5.74) is 10.9. The van der Waals surface area contributed by atoms with Crippen LogP contribution in [0.1, 0.15) is 5.56 Å². The lowest BCUT2D eigenvalue weighted by Crippen LogP contribution is -2.47. The molecular formula is C28H26N8O3. The molecule has 1 aliphatic rings. The molecule has 0 aliphatic carbocycles. The van der Waals surface area contributed by atoms with Crippen LogP contribution in [0.4, 0.5) is 10.6 Å². The van der Waals surface area contributed by atoms with Crippen LogP contribution in [0.2, 0.25) is 0 Å². The zero-order valence-corrected chi connectivity index (χ0v) is 21.0. The molecule has 5 heterocycles. The van der Waals surface area contributed by atoms with Gasteiger partial charge < -0.3 is 20.7 Å². The van der Waals surface area contributed by atoms with Crippen LogP contribution in [0.5, 0.6) is 0 Å². The molecule has 1 aromatic carbocycles. The third kappa shape index (κ3) is 4.71. The third-order valence-corrected chi connectivity index (χ3v) is 6.92. The average Bonchev–Trinajstić information content (AvgIpc) is 3.33. The van der Waals surface area contributed by atoms with Crippen LogP contribution in [0.15, 0.2) is 77.9 Å². The second-order valence-corrected chi connectivity index (χ2v) is 9.37. The quantitative estimate of drug-likeness (QED) is 0.319. The number of carboxylic acid groups (broad SMARTS) is 1. The molecule has 0 saturated carbocycles. The van der Waals surface area contributed by atoms with Crippen LogP contribution >= 0.6 is 0 Å². The molecule has 0 atom stereocenters. The van der Waals surface area contributed by atoms with Crippen molar-refractivity contribution in [2.45, 2.75) is 6.54 Å². The summed E-state index contributed by atoms with van der Waals surface area (Å²) in [6.07, 6.45) is 2.35. The van der Waals surface area contributed by atoms with E-state index in [4.69, 9.17) is 15.7 Å². The van der Waals surface area contributed by atoms with Crippen LogP contribution in [0, 0.1) is 0 Å². The Bertz CT molecular complexity index is 1720. The fourth-order valence-corrected chi connectivity index (χ4v) is 4.87. The van der Waals surface area contributed by atoms with Gasteiger partial charge in [0, 0.05) is 50.8 Å². The first kappa shape index (κ1) is 24.3. The van der Waals surface area contributed by atoms with Crippen molar-refractivity contribution in [1.82, 2.24) is 34.3 Å². The maximum atomic E-state index is 12.5. The first-order valence-corrected chi connectivity index (χ1v) is 12.6. The van der Waals surface area contributed by atoms with Crippen molar-refractivity contribution < 1.29 is 9.90 Å². The molecule has 196 valence electrons. The maximum Gasteiger partial charge on any atom is 0.407 e. The zero-order chi connectivity index (χ0) is 26.9. The molecule has 4 N–H and O–H groups in total. The van der Waals surface area contributed by atoms with Crippen molar-refractivity contribution in [2.24, 2.45) is 0 Å². The van der Waals surface area contributed by atoms with Crippen LogP contribution in [-0.2, 0) is 6.54 Å². The second kappa shape index (κ2) is 10.0. The topological polar surface area (TPSA) is 146 Å². The van der Waals surface area contributed by atoms with E-state index in [1.165, 1.54) is 4.90 Å². The Hall–Kier alpha value is -5.03. The van der Waals surface area contributed by atoms with Gasteiger partial charge in [-0.15, -0.1) is 0 Å². The molecule has 1 fully saturated rings. The molecule has 0 radical (unpaired) electrons. The number of carbonyl (C=O) groups is 1. The predicted octanol–water partition coefficient (Wildman–Crippen LogP) is 3.22. The molecule has 1 aliphatic heterocycles. The van der Waals surface area contributed by atoms with E-state index in [1.807, 2.05) is 47.0 Å². The van der Waals surface area contributed by atoms with Crippen LogP contribution in [-0.4, -0.2) is 71.7 Å². The highest BCUT2D eigenvalue weighted by Gasteiger charge is 2.21. The van der Waals surface area contributed by atoms with E-state index in [9.17, 15) is 14.7 Å². The molecule has 4 aromatic heterocycles. The Kier molecular flexibility index (Phi) is 6.25. The average molecular weight is 523 g/mol. The number of nitrogens with one attached hydrogen (secondary N) is 1. The lowest BCUT2D eigenvalue weighted by atomic mass is 10.1. The van der Waals surface area contributed by atoms with Gasteiger partial charge in [-0.2, -0.15) is 0 Å². The number of nitrogen functional groups attached to an aromatic ring is 1. The number of nitrogens with zero attached hydrogens (tertiary/aromatic N) is 6. The minimum atomic E-state index is -0.870. The van der Waals surface area contributed by atoms with Crippen molar-refractivity contribution >= 4 is 23.1 Å². The monoisotopic (exact) mass is 522 g/mol. The molecule has 11 heteroatoms. The Morgan fingerprint density at radius 3 is 2.44 bits per heavy atom. The third-order valence-electron chi connectivity index (χ3n) is 6.92. The summed E-state index contributed by atoms with van der Waals surface area (Å²) in [4.78, 5) is 44.0. The molecule has 5 aromatic rings. The number of amides is 1. The van der Waals surface area contributed by atoms with Gasteiger partial charge in [0.25, 0.3) is 5.56 Å². The number of aromatic nitrogens is 5. The second-order valence-electron chi connectivity index (χ2n) is 9.37. The van der Waals surface area contributed by atoms with E-state index < -0.39 is 6.09 Å². The van der Waals surface area contributed by atoms with E-state index in [1.54, 1.807) is 30.6 Å². The number of hydrogen-bond acceptors (Lipinski definition) is 7. The fourth-order valence-electron chi connectivity index (χ4n) is 4.87. The Labute approximate surface area is 223 Å². The summed E-state index contributed by atoms with van der Waals surface area (Å²) in [6, 6.07) is 18.9. The molecule has 0 bridgehead atoms. The minimum absolute atomic E-state index is 0.222. The Morgan fingerprint density at radius 2 is 1.72 bits per heavy atom. The van der Waals surface area contributed by atoms with Gasteiger partial charge in [0.1, 0.15) is 11.3 Å². The van der Waals surface area contributed by atoms with E-state index in [2.05, 4.69) is 14.9 Å². The number of rotatable bonds is 5. The lowest BCUT2D eigenvalue weighted by molar-refractivity contribution is 0.103. The summed E-state index contributed by atoms with van der Waals surface area (Å²) in [7, 11) is 0. The summed E-state index contributed by atoms with van der Waals surface area (Å²) in [6.45, 7) is 3.11. The van der Waals surface area contributed by atoms with Gasteiger partial charge in [0.05, 0.1) is 16.8 Å². The lowest BCUT2D eigenvalue weighted by Gasteiger charge is -2.33. The zero-order valence-electron chi connectivity index (χ0n) is 21.0. The van der Waals surface area contributed by atoms with Crippen molar-refractivity contribution in [1.29, 1.82) is 0 Å². The summed E-state index contributed by atoms with van der Waals surface area (Å²) >= 11 is 0. The Balaban J connectivity index is 1.40. The number of pyridine rings is 3. The summed E-state index contributed by atoms with van der Waals surface area (Å²) < 4.78 is 1.93. The molecule has 11 nitrogen and oxygen atoms in total. The van der Waals surface area contributed by atoms with Gasteiger partial charge in [-0.25, -0.2) is 19.7 Å². The van der Waals surface area contributed by atoms with Gasteiger partial charge in [0.2, 0.25) is 0 Å². The summed E-state index contributed by atoms with van der Waals surface area (Å²) in [5.74, 6) is 0.950. The first-order chi connectivity index (χ1) is 19.0. The molecule has 1 amide bonds. The molecule has 0 unspecified atom stereocenters. The number of fused-ring (bicyclic) bond motifs is 1. The molecule has 39 heavy (non-hydrogen) atoms. The summed E-state index contributed by atoms with van der Waals surface area (Å²) in [5, 5.41) is 9.19. The van der Waals surface area contributed by atoms with Crippen LogP contribution in [0.3, 0.4) is 0 Å². The van der Waals surface area contributed by atoms with Gasteiger partial charge >= 0.3 is 6.09 Å². The van der Waals surface area contributed by atoms with Crippen molar-refractivity contribution in [2.75, 3.05) is 31.9 Å². The van der Waals surface area contributed by atoms with Gasteiger partial charge in [-0.1, -0.05) is 12.1 Å². The first-order valence-electron chi connectivity index (χ1n) is 12.6. The predicted molar refractivity (Wildman–Crippen MR) is 147 cm³/mol. The van der Waals surface area contributed by atoms with Crippen LogP contribution in [0.25, 0.3) is 39.5 Å². The number of benzene rings is 1. The van der Waals surface area contributed by atoms with Gasteiger partial charge in [0.15, 0.2) is 11.5 Å². The number of piperazine rings is 1.